The predicted octanol–water partition coefficient (Wildman–Crippen LogP) is 4.21. The van der Waals surface area contributed by atoms with Crippen LogP contribution in [-0.2, 0) is 16.1 Å². The molecule has 1 aliphatic carbocycles. The van der Waals surface area contributed by atoms with Crippen LogP contribution in [-0.4, -0.2) is 52.8 Å². The molecule has 3 aliphatic rings. The van der Waals surface area contributed by atoms with Crippen molar-refractivity contribution >= 4 is 23.4 Å². The second kappa shape index (κ2) is 10.0. The summed E-state index contributed by atoms with van der Waals surface area (Å²) in [5, 5.41) is 3.94. The first kappa shape index (κ1) is 23.3. The Labute approximate surface area is 206 Å². The zero-order chi connectivity index (χ0) is 23.5. The summed E-state index contributed by atoms with van der Waals surface area (Å²) in [5.74, 6) is 0.622. The van der Waals surface area contributed by atoms with E-state index in [0.717, 1.165) is 75.8 Å². The predicted molar refractivity (Wildman–Crippen MR) is 132 cm³/mol. The van der Waals surface area contributed by atoms with Crippen molar-refractivity contribution in [2.24, 2.45) is 11.3 Å². The number of benzene rings is 1. The molecule has 1 unspecified atom stereocenters. The van der Waals surface area contributed by atoms with Crippen molar-refractivity contribution in [3.63, 3.8) is 0 Å². The maximum Gasteiger partial charge on any atom is 0.229 e. The Morgan fingerprint density at radius 2 is 1.88 bits per heavy atom. The lowest BCUT2D eigenvalue weighted by atomic mass is 9.77. The fourth-order valence-corrected chi connectivity index (χ4v) is 5.70. The summed E-state index contributed by atoms with van der Waals surface area (Å²) in [4.78, 5) is 34.4. The largest absolute Gasteiger partial charge is 0.349 e. The van der Waals surface area contributed by atoms with Gasteiger partial charge in [0.2, 0.25) is 11.8 Å². The van der Waals surface area contributed by atoms with Gasteiger partial charge < -0.3 is 15.1 Å². The molecule has 7 heteroatoms. The van der Waals surface area contributed by atoms with E-state index in [1.807, 2.05) is 47.5 Å². The summed E-state index contributed by atoms with van der Waals surface area (Å²) in [5.41, 5.74) is 1.87. The maximum atomic E-state index is 13.3. The van der Waals surface area contributed by atoms with Crippen molar-refractivity contribution < 1.29 is 9.59 Å². The number of nitrogens with zero attached hydrogens (tertiary/aromatic N) is 3. The van der Waals surface area contributed by atoms with E-state index in [1.165, 1.54) is 0 Å². The third-order valence-corrected chi connectivity index (χ3v) is 8.13. The molecule has 0 bridgehead atoms. The maximum absolute atomic E-state index is 13.3. The van der Waals surface area contributed by atoms with E-state index in [-0.39, 0.29) is 23.3 Å². The van der Waals surface area contributed by atoms with E-state index in [4.69, 9.17) is 11.6 Å². The van der Waals surface area contributed by atoms with Gasteiger partial charge in [0.1, 0.15) is 0 Å². The number of piperidine rings is 1. The Kier molecular flexibility index (Phi) is 6.89. The van der Waals surface area contributed by atoms with Crippen LogP contribution in [0.5, 0.6) is 0 Å². The van der Waals surface area contributed by atoms with Crippen LogP contribution in [0.3, 0.4) is 0 Å². The van der Waals surface area contributed by atoms with Crippen molar-refractivity contribution in [2.45, 2.75) is 51.1 Å². The molecule has 180 valence electrons. The first-order chi connectivity index (χ1) is 16.5. The lowest BCUT2D eigenvalue weighted by molar-refractivity contribution is -0.139. The Morgan fingerprint density at radius 1 is 1.12 bits per heavy atom. The Balaban J connectivity index is 1.16. The van der Waals surface area contributed by atoms with Crippen LogP contribution in [0.25, 0.3) is 0 Å². The van der Waals surface area contributed by atoms with Crippen LogP contribution in [0, 0.1) is 11.3 Å². The molecule has 1 aromatic heterocycles. The van der Waals surface area contributed by atoms with Gasteiger partial charge >= 0.3 is 0 Å². The fraction of sp³-hybridized carbons (Fsp3) is 0.519. The van der Waals surface area contributed by atoms with E-state index in [2.05, 4.69) is 15.2 Å². The third-order valence-electron chi connectivity index (χ3n) is 7.79. The van der Waals surface area contributed by atoms with Gasteiger partial charge in [0.25, 0.3) is 0 Å². The molecule has 1 saturated carbocycles. The molecular formula is C27H33ClN4O2. The number of carbonyl (C=O) groups is 2. The number of hydrogen-bond donors (Lipinski definition) is 1. The molecule has 0 radical (unpaired) electrons. The summed E-state index contributed by atoms with van der Waals surface area (Å²) in [6, 6.07) is 11.7. The molecule has 3 fully saturated rings. The smallest absolute Gasteiger partial charge is 0.229 e. The Bertz CT molecular complexity index is 1020. The number of nitrogens with one attached hydrogen (secondary N) is 1. The molecule has 2 saturated heterocycles. The molecule has 2 aromatic rings. The molecule has 5 rings (SSSR count). The fourth-order valence-electron chi connectivity index (χ4n) is 5.43. The molecule has 1 aromatic carbocycles. The third kappa shape index (κ3) is 5.13. The van der Waals surface area contributed by atoms with Crippen LogP contribution in [0.15, 0.2) is 48.8 Å². The highest BCUT2D eigenvalue weighted by Crippen LogP contribution is 2.42. The van der Waals surface area contributed by atoms with E-state index >= 15 is 0 Å². The summed E-state index contributed by atoms with van der Waals surface area (Å²) in [6.07, 6.45) is 9.15. The molecule has 2 amide bonds. The van der Waals surface area contributed by atoms with Gasteiger partial charge in [-0.3, -0.25) is 14.6 Å². The first-order valence-electron chi connectivity index (χ1n) is 12.5. The van der Waals surface area contributed by atoms with E-state index in [0.29, 0.717) is 17.5 Å². The molecule has 3 heterocycles. The van der Waals surface area contributed by atoms with Crippen molar-refractivity contribution in [1.82, 2.24) is 20.1 Å². The number of halogens is 1. The molecule has 1 atom stereocenters. The van der Waals surface area contributed by atoms with E-state index < -0.39 is 0 Å². The molecule has 34 heavy (non-hydrogen) atoms. The number of likely N-dealkylation sites (tertiary alicyclic amines) is 2. The number of hydrogen-bond acceptors (Lipinski definition) is 4. The Hall–Kier alpha value is -2.44. The average Bonchev–Trinajstić information content (AvgIpc) is 3.67. The summed E-state index contributed by atoms with van der Waals surface area (Å²) < 4.78 is 0. The summed E-state index contributed by atoms with van der Waals surface area (Å²) in [6.45, 7) is 4.19. The van der Waals surface area contributed by atoms with Gasteiger partial charge in [-0.2, -0.15) is 0 Å². The van der Waals surface area contributed by atoms with Crippen molar-refractivity contribution in [3.05, 3.63) is 64.9 Å². The molecule has 1 spiro atoms. The number of pyridine rings is 1. The van der Waals surface area contributed by atoms with Gasteiger partial charge in [-0.05, 0) is 74.9 Å². The Morgan fingerprint density at radius 3 is 2.59 bits per heavy atom. The molecule has 6 nitrogen and oxygen atoms in total. The zero-order valence-corrected chi connectivity index (χ0v) is 20.3. The number of carbonyl (C=O) groups excluding carboxylic acids is 2. The van der Waals surface area contributed by atoms with Crippen molar-refractivity contribution in [1.29, 1.82) is 0 Å². The minimum absolute atomic E-state index is 0.0826. The average molecular weight is 481 g/mol. The standard InChI is InChI=1S/C27H33ClN4O2/c28-23-6-2-1-5-22(23)24(30-25(33)21-7-8-21)9-14-31-15-10-27(11-16-31)12-17-32(26(27)34)19-20-4-3-13-29-18-20/h1-6,13,18,21,24H,7-12,14-17,19H2,(H,30,33). The normalized spacial score (nSPS) is 21.1. The van der Waals surface area contributed by atoms with Crippen LogP contribution in [0.1, 0.15) is 55.7 Å². The highest BCUT2D eigenvalue weighted by molar-refractivity contribution is 6.31. The van der Waals surface area contributed by atoms with Gasteiger partial charge in [-0.1, -0.05) is 35.9 Å². The highest BCUT2D eigenvalue weighted by atomic mass is 35.5. The first-order valence-corrected chi connectivity index (χ1v) is 12.9. The summed E-state index contributed by atoms with van der Waals surface area (Å²) in [7, 11) is 0. The second-order valence-electron chi connectivity index (χ2n) is 10.1. The van der Waals surface area contributed by atoms with Gasteiger partial charge in [0.15, 0.2) is 0 Å². The number of rotatable bonds is 8. The summed E-state index contributed by atoms with van der Waals surface area (Å²) >= 11 is 6.48. The van der Waals surface area contributed by atoms with Gasteiger partial charge in [0, 0.05) is 43.0 Å². The van der Waals surface area contributed by atoms with Crippen LogP contribution in [0.4, 0.5) is 0 Å². The van der Waals surface area contributed by atoms with Crippen molar-refractivity contribution in [2.75, 3.05) is 26.2 Å². The minimum Gasteiger partial charge on any atom is -0.349 e. The number of amides is 2. The topological polar surface area (TPSA) is 65.5 Å². The quantitative estimate of drug-likeness (QED) is 0.614. The van der Waals surface area contributed by atoms with Crippen molar-refractivity contribution in [3.8, 4) is 0 Å². The zero-order valence-electron chi connectivity index (χ0n) is 19.6. The van der Waals surface area contributed by atoms with E-state index in [1.54, 1.807) is 6.20 Å². The van der Waals surface area contributed by atoms with Crippen LogP contribution >= 0.6 is 11.6 Å². The lowest BCUT2D eigenvalue weighted by Gasteiger charge is -2.38. The monoisotopic (exact) mass is 480 g/mol. The molecular weight excluding hydrogens is 448 g/mol. The van der Waals surface area contributed by atoms with Crippen LogP contribution < -0.4 is 5.32 Å². The van der Waals surface area contributed by atoms with Crippen LogP contribution in [0.2, 0.25) is 5.02 Å². The van der Waals surface area contributed by atoms with E-state index in [9.17, 15) is 9.59 Å². The minimum atomic E-state index is -0.207. The van der Waals surface area contributed by atoms with Gasteiger partial charge in [-0.15, -0.1) is 0 Å². The lowest BCUT2D eigenvalue weighted by Crippen LogP contribution is -2.45. The molecule has 2 aliphatic heterocycles. The van der Waals surface area contributed by atoms with Gasteiger partial charge in [0.05, 0.1) is 11.5 Å². The highest BCUT2D eigenvalue weighted by Gasteiger charge is 2.47. The van der Waals surface area contributed by atoms with Gasteiger partial charge in [-0.25, -0.2) is 0 Å². The second-order valence-corrected chi connectivity index (χ2v) is 10.5. The SMILES string of the molecule is O=C(NC(CCN1CCC2(CC1)CCN(Cc1cccnc1)C2=O)c1ccccc1Cl)C1CC1. The molecule has 1 N–H and O–H groups in total. The number of aromatic nitrogens is 1.